The van der Waals surface area contributed by atoms with Crippen LogP contribution >= 0.6 is 0 Å². The Labute approximate surface area is 79.3 Å². The molecule has 1 nitrogen and oxygen atoms in total. The molecule has 13 heavy (non-hydrogen) atoms. The van der Waals surface area contributed by atoms with Crippen molar-refractivity contribution in [1.29, 1.82) is 0 Å². The lowest BCUT2D eigenvalue weighted by atomic mass is 9.79. The highest BCUT2D eigenvalue weighted by Gasteiger charge is 2.24. The summed E-state index contributed by atoms with van der Waals surface area (Å²) in [5.74, 6) is 0.516. The molecule has 2 unspecified atom stereocenters. The van der Waals surface area contributed by atoms with Gasteiger partial charge in [0.2, 0.25) is 0 Å². The van der Waals surface area contributed by atoms with Gasteiger partial charge in [0.25, 0.3) is 0 Å². The molecule has 0 saturated carbocycles. The number of hydrogen-bond acceptors (Lipinski definition) is 1. The van der Waals surface area contributed by atoms with Crippen molar-refractivity contribution in [2.75, 3.05) is 0 Å². The molecule has 2 rings (SSSR count). The van der Waals surface area contributed by atoms with Crippen LogP contribution in [-0.2, 0) is 6.42 Å². The van der Waals surface area contributed by atoms with Crippen LogP contribution in [0.2, 0.25) is 0 Å². The van der Waals surface area contributed by atoms with E-state index in [4.69, 9.17) is 5.73 Å². The fourth-order valence-corrected chi connectivity index (χ4v) is 2.01. The second-order valence-corrected chi connectivity index (χ2v) is 3.89. The van der Waals surface area contributed by atoms with E-state index in [9.17, 15) is 0 Å². The molecule has 0 heterocycles. The lowest BCUT2D eigenvalue weighted by Gasteiger charge is -2.29. The first kappa shape index (κ1) is 8.52. The minimum atomic E-state index is 0.134. The second-order valence-electron chi connectivity index (χ2n) is 3.89. The van der Waals surface area contributed by atoms with Crippen LogP contribution in [0.25, 0.3) is 5.57 Å². The summed E-state index contributed by atoms with van der Waals surface area (Å²) in [5.41, 5.74) is 9.78. The maximum Gasteiger partial charge on any atom is 0.0324 e. The molecule has 0 saturated heterocycles. The van der Waals surface area contributed by atoms with Crippen molar-refractivity contribution in [2.45, 2.75) is 19.4 Å². The van der Waals surface area contributed by atoms with Gasteiger partial charge in [0.1, 0.15) is 0 Å². The summed E-state index contributed by atoms with van der Waals surface area (Å²) >= 11 is 0. The maximum absolute atomic E-state index is 6.04. The van der Waals surface area contributed by atoms with Crippen LogP contribution in [0, 0.1) is 5.92 Å². The fraction of sp³-hybridized carbons (Fsp3) is 0.333. The summed E-state index contributed by atoms with van der Waals surface area (Å²) < 4.78 is 0. The minimum absolute atomic E-state index is 0.134. The van der Waals surface area contributed by atoms with E-state index >= 15 is 0 Å². The minimum Gasteiger partial charge on any atom is -0.324 e. The predicted octanol–water partition coefficient (Wildman–Crippen LogP) is 2.22. The lowest BCUT2D eigenvalue weighted by molar-refractivity contribution is 0.512. The van der Waals surface area contributed by atoms with Crippen LogP contribution in [-0.4, -0.2) is 6.04 Å². The third kappa shape index (κ3) is 1.29. The number of benzene rings is 1. The number of nitrogens with two attached hydrogens (primary N) is 1. The van der Waals surface area contributed by atoms with Gasteiger partial charge < -0.3 is 5.73 Å². The largest absolute Gasteiger partial charge is 0.324 e. The van der Waals surface area contributed by atoms with Gasteiger partial charge in [0.05, 0.1) is 0 Å². The van der Waals surface area contributed by atoms with Gasteiger partial charge in [0.15, 0.2) is 0 Å². The first-order valence-corrected chi connectivity index (χ1v) is 4.73. The summed E-state index contributed by atoms with van der Waals surface area (Å²) in [5, 5.41) is 0. The van der Waals surface area contributed by atoms with Crippen LogP contribution in [0.5, 0.6) is 0 Å². The smallest absolute Gasteiger partial charge is 0.0324 e. The van der Waals surface area contributed by atoms with Crippen molar-refractivity contribution in [3.63, 3.8) is 0 Å². The van der Waals surface area contributed by atoms with Gasteiger partial charge in [-0.05, 0) is 29.0 Å². The monoisotopic (exact) mass is 173 g/mol. The zero-order valence-corrected chi connectivity index (χ0v) is 7.96. The van der Waals surface area contributed by atoms with Crippen LogP contribution in [0.15, 0.2) is 30.8 Å². The summed E-state index contributed by atoms with van der Waals surface area (Å²) in [6.45, 7) is 6.25. The summed E-state index contributed by atoms with van der Waals surface area (Å²) in [7, 11) is 0. The average molecular weight is 173 g/mol. The standard InChI is InChI=1S/C12H15N/c1-8-7-10-5-3-4-6-11(10)9(2)12(8)13/h3-6,8,12H,2,7,13H2,1H3. The van der Waals surface area contributed by atoms with Crippen molar-refractivity contribution in [3.8, 4) is 0 Å². The van der Waals surface area contributed by atoms with E-state index in [-0.39, 0.29) is 6.04 Å². The van der Waals surface area contributed by atoms with Gasteiger partial charge in [-0.1, -0.05) is 37.8 Å². The first-order chi connectivity index (χ1) is 6.20. The Morgan fingerprint density at radius 2 is 2.08 bits per heavy atom. The molecule has 1 aromatic carbocycles. The third-order valence-corrected chi connectivity index (χ3v) is 2.92. The van der Waals surface area contributed by atoms with Crippen LogP contribution in [0.4, 0.5) is 0 Å². The predicted molar refractivity (Wildman–Crippen MR) is 56.3 cm³/mol. The summed E-state index contributed by atoms with van der Waals surface area (Å²) in [6, 6.07) is 8.55. The molecular formula is C12H15N. The van der Waals surface area contributed by atoms with E-state index in [0.29, 0.717) is 5.92 Å². The van der Waals surface area contributed by atoms with Gasteiger partial charge >= 0.3 is 0 Å². The van der Waals surface area contributed by atoms with Gasteiger partial charge in [-0.3, -0.25) is 0 Å². The van der Waals surface area contributed by atoms with Gasteiger partial charge in [-0.2, -0.15) is 0 Å². The molecule has 0 aromatic heterocycles. The third-order valence-electron chi connectivity index (χ3n) is 2.92. The Bertz CT molecular complexity index is 341. The normalized spacial score (nSPS) is 27.1. The molecule has 1 heteroatoms. The maximum atomic E-state index is 6.04. The molecule has 1 aromatic rings. The molecule has 0 spiro atoms. The molecule has 1 aliphatic carbocycles. The Hall–Kier alpha value is -1.08. The average Bonchev–Trinajstić information content (AvgIpc) is 2.15. The zero-order chi connectivity index (χ0) is 9.42. The van der Waals surface area contributed by atoms with Crippen molar-refractivity contribution < 1.29 is 0 Å². The molecule has 0 fully saturated rings. The van der Waals surface area contributed by atoms with E-state index < -0.39 is 0 Å². The molecule has 68 valence electrons. The van der Waals surface area contributed by atoms with Gasteiger partial charge in [0, 0.05) is 6.04 Å². The molecule has 2 N–H and O–H groups in total. The first-order valence-electron chi connectivity index (χ1n) is 4.73. The molecule has 1 aliphatic rings. The molecule has 0 radical (unpaired) electrons. The van der Waals surface area contributed by atoms with E-state index in [0.717, 1.165) is 12.0 Å². The highest BCUT2D eigenvalue weighted by atomic mass is 14.7. The lowest BCUT2D eigenvalue weighted by Crippen LogP contribution is -2.34. The molecular weight excluding hydrogens is 158 g/mol. The van der Waals surface area contributed by atoms with Crippen molar-refractivity contribution in [1.82, 2.24) is 0 Å². The Balaban J connectivity index is 2.49. The quantitative estimate of drug-likeness (QED) is 0.639. The van der Waals surface area contributed by atoms with Crippen molar-refractivity contribution in [3.05, 3.63) is 42.0 Å². The van der Waals surface area contributed by atoms with Gasteiger partial charge in [-0.25, -0.2) is 0 Å². The van der Waals surface area contributed by atoms with Gasteiger partial charge in [-0.15, -0.1) is 0 Å². The summed E-state index contributed by atoms with van der Waals surface area (Å²) in [6.07, 6.45) is 1.08. The van der Waals surface area contributed by atoms with E-state index in [1.165, 1.54) is 11.1 Å². The van der Waals surface area contributed by atoms with Crippen LogP contribution < -0.4 is 5.73 Å². The topological polar surface area (TPSA) is 26.0 Å². The fourth-order valence-electron chi connectivity index (χ4n) is 2.01. The number of rotatable bonds is 0. The Morgan fingerprint density at radius 3 is 2.85 bits per heavy atom. The Morgan fingerprint density at radius 1 is 1.38 bits per heavy atom. The van der Waals surface area contributed by atoms with Crippen molar-refractivity contribution in [2.24, 2.45) is 11.7 Å². The molecule has 2 atom stereocenters. The highest BCUT2D eigenvalue weighted by molar-refractivity contribution is 5.72. The Kier molecular flexibility index (Phi) is 1.97. The molecule has 0 amide bonds. The van der Waals surface area contributed by atoms with Crippen LogP contribution in [0.3, 0.4) is 0 Å². The van der Waals surface area contributed by atoms with E-state index in [2.05, 4.69) is 31.7 Å². The van der Waals surface area contributed by atoms with Crippen molar-refractivity contribution >= 4 is 5.57 Å². The van der Waals surface area contributed by atoms with E-state index in [1.54, 1.807) is 0 Å². The van der Waals surface area contributed by atoms with E-state index in [1.807, 2.05) is 6.07 Å². The SMILES string of the molecule is C=C1c2ccccc2CC(C)C1N. The second kappa shape index (κ2) is 3.00. The molecule has 0 aliphatic heterocycles. The highest BCUT2D eigenvalue weighted by Crippen LogP contribution is 2.31. The summed E-state index contributed by atoms with van der Waals surface area (Å²) in [4.78, 5) is 0. The zero-order valence-electron chi connectivity index (χ0n) is 7.96. The van der Waals surface area contributed by atoms with Crippen LogP contribution in [0.1, 0.15) is 18.1 Å². The number of hydrogen-bond donors (Lipinski definition) is 1. The molecule has 0 bridgehead atoms. The number of fused-ring (bicyclic) bond motifs is 1.